The molecule has 0 aliphatic heterocycles. The van der Waals surface area contributed by atoms with Crippen molar-refractivity contribution in [2.45, 2.75) is 13.5 Å². The van der Waals surface area contributed by atoms with Gasteiger partial charge in [-0.1, -0.05) is 6.07 Å². The molecule has 2 nitrogen and oxygen atoms in total. The van der Waals surface area contributed by atoms with Crippen molar-refractivity contribution < 1.29 is 14.2 Å². The number of hydrogen-bond acceptors (Lipinski definition) is 2. The molecule has 0 saturated carbocycles. The van der Waals surface area contributed by atoms with E-state index in [9.17, 15) is 4.39 Å². The number of ether oxygens (including phenoxy) is 1. The van der Waals surface area contributed by atoms with Gasteiger partial charge in [-0.25, -0.2) is 4.39 Å². The van der Waals surface area contributed by atoms with Gasteiger partial charge in [0.25, 0.3) is 0 Å². The van der Waals surface area contributed by atoms with Crippen LogP contribution in [-0.2, 0) is 6.61 Å². The van der Waals surface area contributed by atoms with Crippen molar-refractivity contribution in [2.24, 2.45) is 0 Å². The van der Waals surface area contributed by atoms with E-state index >= 15 is 0 Å². The second-order valence-corrected chi connectivity index (χ2v) is 4.79. The first-order chi connectivity index (χ1) is 8.60. The lowest BCUT2D eigenvalue weighted by molar-refractivity contribution is 0.281. The predicted octanol–water partition coefficient (Wildman–Crippen LogP) is 4.18. The Hall–Kier alpha value is -1.39. The Morgan fingerprint density at radius 3 is 2.50 bits per heavy atom. The number of rotatable bonds is 3. The molecule has 0 unspecified atom stereocenters. The lowest BCUT2D eigenvalue weighted by Gasteiger charge is -2.11. The Kier molecular flexibility index (Phi) is 3.99. The minimum Gasteiger partial charge on any atom is -0.456 e. The standard InChI is InChI=1S/C14H12BrFO2/c1-9-6-11(16)3-5-13(9)18-14-4-2-10(8-17)7-12(14)15/h2-7,17H,8H2,1H3. The maximum atomic E-state index is 13.0. The molecule has 0 bridgehead atoms. The van der Waals surface area contributed by atoms with Crippen LogP contribution in [0.25, 0.3) is 0 Å². The first kappa shape index (κ1) is 13.1. The molecule has 2 aromatic carbocycles. The highest BCUT2D eigenvalue weighted by molar-refractivity contribution is 9.10. The number of aliphatic hydroxyl groups is 1. The molecule has 0 fully saturated rings. The van der Waals surface area contributed by atoms with Gasteiger partial charge < -0.3 is 9.84 Å². The van der Waals surface area contributed by atoms with Gasteiger partial charge in [-0.15, -0.1) is 0 Å². The minimum absolute atomic E-state index is 0.0194. The van der Waals surface area contributed by atoms with Crippen LogP contribution in [0.3, 0.4) is 0 Å². The number of halogens is 2. The topological polar surface area (TPSA) is 29.5 Å². The fourth-order valence-corrected chi connectivity index (χ4v) is 2.08. The smallest absolute Gasteiger partial charge is 0.141 e. The summed E-state index contributed by atoms with van der Waals surface area (Å²) in [5.74, 6) is 0.949. The van der Waals surface area contributed by atoms with E-state index in [2.05, 4.69) is 15.9 Å². The number of aryl methyl sites for hydroxylation is 1. The first-order valence-corrected chi connectivity index (χ1v) is 6.23. The zero-order valence-electron chi connectivity index (χ0n) is 9.78. The third kappa shape index (κ3) is 2.89. The second-order valence-electron chi connectivity index (χ2n) is 3.93. The maximum absolute atomic E-state index is 13.0. The summed E-state index contributed by atoms with van der Waals surface area (Å²) in [6.45, 7) is 1.77. The van der Waals surface area contributed by atoms with Gasteiger partial charge in [-0.2, -0.15) is 0 Å². The van der Waals surface area contributed by atoms with Crippen LogP contribution in [0.5, 0.6) is 11.5 Å². The maximum Gasteiger partial charge on any atom is 0.141 e. The van der Waals surface area contributed by atoms with Crippen LogP contribution in [0.1, 0.15) is 11.1 Å². The predicted molar refractivity (Wildman–Crippen MR) is 71.3 cm³/mol. The average molecular weight is 311 g/mol. The molecule has 0 radical (unpaired) electrons. The molecule has 0 aliphatic carbocycles. The zero-order chi connectivity index (χ0) is 13.1. The molecule has 0 amide bonds. The van der Waals surface area contributed by atoms with Gasteiger partial charge in [-0.3, -0.25) is 0 Å². The van der Waals surface area contributed by atoms with Gasteiger partial charge in [-0.05, 0) is 64.3 Å². The van der Waals surface area contributed by atoms with E-state index in [1.54, 1.807) is 31.2 Å². The molecule has 0 saturated heterocycles. The normalized spacial score (nSPS) is 10.4. The summed E-state index contributed by atoms with van der Waals surface area (Å²) >= 11 is 3.37. The highest BCUT2D eigenvalue weighted by atomic mass is 79.9. The van der Waals surface area contributed by atoms with Crippen molar-refractivity contribution in [3.63, 3.8) is 0 Å². The van der Waals surface area contributed by atoms with Crippen LogP contribution in [0.2, 0.25) is 0 Å². The Morgan fingerprint density at radius 1 is 1.17 bits per heavy atom. The third-order valence-electron chi connectivity index (χ3n) is 2.54. The van der Waals surface area contributed by atoms with Crippen LogP contribution in [0.4, 0.5) is 4.39 Å². The van der Waals surface area contributed by atoms with Crippen molar-refractivity contribution in [1.29, 1.82) is 0 Å². The van der Waals surface area contributed by atoms with E-state index in [1.807, 2.05) is 0 Å². The number of hydrogen-bond donors (Lipinski definition) is 1. The third-order valence-corrected chi connectivity index (χ3v) is 3.16. The molecule has 1 N–H and O–H groups in total. The van der Waals surface area contributed by atoms with Crippen molar-refractivity contribution in [1.82, 2.24) is 0 Å². The Morgan fingerprint density at radius 2 is 1.89 bits per heavy atom. The van der Waals surface area contributed by atoms with Crippen molar-refractivity contribution >= 4 is 15.9 Å². The van der Waals surface area contributed by atoms with Gasteiger partial charge in [0.2, 0.25) is 0 Å². The van der Waals surface area contributed by atoms with Gasteiger partial charge in [0.05, 0.1) is 11.1 Å². The highest BCUT2D eigenvalue weighted by Gasteiger charge is 2.06. The Bertz CT molecular complexity index is 570. The first-order valence-electron chi connectivity index (χ1n) is 5.43. The molecule has 2 rings (SSSR count). The van der Waals surface area contributed by atoms with Crippen LogP contribution in [0.15, 0.2) is 40.9 Å². The van der Waals surface area contributed by atoms with Crippen LogP contribution in [0, 0.1) is 12.7 Å². The second kappa shape index (κ2) is 5.50. The SMILES string of the molecule is Cc1cc(F)ccc1Oc1ccc(CO)cc1Br. The average Bonchev–Trinajstić information content (AvgIpc) is 2.34. The summed E-state index contributed by atoms with van der Waals surface area (Å²) in [6, 6.07) is 9.70. The molecular formula is C14H12BrFO2. The van der Waals surface area contributed by atoms with Crippen molar-refractivity contribution in [3.05, 3.63) is 57.8 Å². The van der Waals surface area contributed by atoms with Crippen LogP contribution < -0.4 is 4.74 Å². The summed E-state index contributed by atoms with van der Waals surface area (Å²) in [5, 5.41) is 9.01. The molecule has 94 valence electrons. The summed E-state index contributed by atoms with van der Waals surface area (Å²) in [4.78, 5) is 0. The van der Waals surface area contributed by atoms with Crippen molar-refractivity contribution in [3.8, 4) is 11.5 Å². The Balaban J connectivity index is 2.28. The van der Waals surface area contributed by atoms with Crippen LogP contribution >= 0.6 is 15.9 Å². The lowest BCUT2D eigenvalue weighted by atomic mass is 10.2. The van der Waals surface area contributed by atoms with Crippen LogP contribution in [-0.4, -0.2) is 5.11 Å². The lowest BCUT2D eigenvalue weighted by Crippen LogP contribution is -1.91. The van der Waals surface area contributed by atoms with Gasteiger partial charge >= 0.3 is 0 Å². The van der Waals surface area contributed by atoms with E-state index in [0.717, 1.165) is 15.6 Å². The molecule has 0 heterocycles. The summed E-state index contributed by atoms with van der Waals surface area (Å²) in [7, 11) is 0. The minimum atomic E-state index is -0.283. The highest BCUT2D eigenvalue weighted by Crippen LogP contribution is 2.32. The Labute approximate surface area is 113 Å². The molecule has 4 heteroatoms. The number of benzene rings is 2. The van der Waals surface area contributed by atoms with Gasteiger partial charge in [0, 0.05) is 0 Å². The monoisotopic (exact) mass is 310 g/mol. The van der Waals surface area contributed by atoms with Crippen molar-refractivity contribution in [2.75, 3.05) is 0 Å². The summed E-state index contributed by atoms with van der Waals surface area (Å²) in [5.41, 5.74) is 1.53. The molecule has 0 atom stereocenters. The summed E-state index contributed by atoms with van der Waals surface area (Å²) < 4.78 is 19.4. The largest absolute Gasteiger partial charge is 0.456 e. The molecule has 0 spiro atoms. The van der Waals surface area contributed by atoms with E-state index in [0.29, 0.717) is 11.5 Å². The van der Waals surface area contributed by atoms with E-state index in [1.165, 1.54) is 12.1 Å². The summed E-state index contributed by atoms with van der Waals surface area (Å²) in [6.07, 6.45) is 0. The molecule has 0 aliphatic rings. The zero-order valence-corrected chi connectivity index (χ0v) is 11.4. The van der Waals surface area contributed by atoms with Gasteiger partial charge in [0.1, 0.15) is 17.3 Å². The van der Waals surface area contributed by atoms with Gasteiger partial charge in [0.15, 0.2) is 0 Å². The van der Waals surface area contributed by atoms with E-state index < -0.39 is 0 Å². The molecular weight excluding hydrogens is 299 g/mol. The quantitative estimate of drug-likeness (QED) is 0.921. The fraction of sp³-hybridized carbons (Fsp3) is 0.143. The molecule has 2 aromatic rings. The number of aliphatic hydroxyl groups excluding tert-OH is 1. The fourth-order valence-electron chi connectivity index (χ4n) is 1.57. The van der Waals surface area contributed by atoms with E-state index in [-0.39, 0.29) is 12.4 Å². The van der Waals surface area contributed by atoms with E-state index in [4.69, 9.17) is 9.84 Å². The molecule has 18 heavy (non-hydrogen) atoms. The molecule has 0 aromatic heterocycles.